The van der Waals surface area contributed by atoms with Gasteiger partial charge in [0.25, 0.3) is 0 Å². The summed E-state index contributed by atoms with van der Waals surface area (Å²) in [7, 11) is 0. The Bertz CT molecular complexity index is 487. The van der Waals surface area contributed by atoms with E-state index in [0.717, 1.165) is 5.56 Å². The first-order chi connectivity index (χ1) is 10.3. The lowest BCUT2D eigenvalue weighted by Gasteiger charge is -2.36. The summed E-state index contributed by atoms with van der Waals surface area (Å²) >= 11 is 0. The zero-order valence-electron chi connectivity index (χ0n) is 13.5. The van der Waals surface area contributed by atoms with Crippen LogP contribution >= 0.6 is 0 Å². The Hall–Kier alpha value is -1.62. The third-order valence-electron chi connectivity index (χ3n) is 3.60. The summed E-state index contributed by atoms with van der Waals surface area (Å²) in [5.41, 5.74) is 0.579. The van der Waals surface area contributed by atoms with Gasteiger partial charge in [-0.25, -0.2) is 9.18 Å². The summed E-state index contributed by atoms with van der Waals surface area (Å²) in [5, 5.41) is 3.24. The Kier molecular flexibility index (Phi) is 5.40. The molecule has 1 amide bonds. The van der Waals surface area contributed by atoms with Crippen LogP contribution in [0.5, 0.6) is 0 Å². The van der Waals surface area contributed by atoms with Gasteiger partial charge in [0, 0.05) is 19.1 Å². The van der Waals surface area contributed by atoms with E-state index in [-0.39, 0.29) is 12.6 Å². The number of carbonyl (C=O) groups excluding carboxylic acids is 1. The van der Waals surface area contributed by atoms with Gasteiger partial charge in [0.2, 0.25) is 0 Å². The van der Waals surface area contributed by atoms with Crippen LogP contribution in [0, 0.1) is 0 Å². The second kappa shape index (κ2) is 7.09. The molecule has 2 rings (SSSR count). The fourth-order valence-electron chi connectivity index (χ4n) is 2.47. The van der Waals surface area contributed by atoms with E-state index in [4.69, 9.17) is 4.74 Å². The highest BCUT2D eigenvalue weighted by molar-refractivity contribution is 5.68. The van der Waals surface area contributed by atoms with Gasteiger partial charge in [-0.15, -0.1) is 0 Å². The Balaban J connectivity index is 1.81. The minimum atomic E-state index is -1.08. The SMILES string of the molecule is CC(C)(C)OC(=O)N1CCC(NCc2ccccc2)C(F)C1. The molecule has 0 saturated carbocycles. The third-order valence-corrected chi connectivity index (χ3v) is 3.60. The molecule has 2 unspecified atom stereocenters. The van der Waals surface area contributed by atoms with E-state index in [0.29, 0.717) is 19.5 Å². The largest absolute Gasteiger partial charge is 0.444 e. The van der Waals surface area contributed by atoms with Gasteiger partial charge in [0.15, 0.2) is 0 Å². The molecule has 22 heavy (non-hydrogen) atoms. The second-order valence-corrected chi connectivity index (χ2v) is 6.70. The number of halogens is 1. The number of likely N-dealkylation sites (tertiary alicyclic amines) is 1. The lowest BCUT2D eigenvalue weighted by molar-refractivity contribution is 0.00934. The van der Waals surface area contributed by atoms with Crippen LogP contribution in [-0.2, 0) is 11.3 Å². The number of rotatable bonds is 3. The molecule has 0 aliphatic carbocycles. The minimum absolute atomic E-state index is 0.0847. The fraction of sp³-hybridized carbons (Fsp3) is 0.588. The van der Waals surface area contributed by atoms with Gasteiger partial charge >= 0.3 is 6.09 Å². The average molecular weight is 308 g/mol. The number of nitrogens with zero attached hydrogens (tertiary/aromatic N) is 1. The summed E-state index contributed by atoms with van der Waals surface area (Å²) in [5.74, 6) is 0. The maximum atomic E-state index is 14.3. The van der Waals surface area contributed by atoms with Crippen molar-refractivity contribution in [2.75, 3.05) is 13.1 Å². The van der Waals surface area contributed by atoms with Gasteiger partial charge in [-0.1, -0.05) is 30.3 Å². The van der Waals surface area contributed by atoms with E-state index >= 15 is 0 Å². The third kappa shape index (κ3) is 4.98. The van der Waals surface area contributed by atoms with Gasteiger partial charge < -0.3 is 15.0 Å². The van der Waals surface area contributed by atoms with E-state index in [9.17, 15) is 9.18 Å². The van der Waals surface area contributed by atoms with E-state index in [1.165, 1.54) is 4.90 Å². The minimum Gasteiger partial charge on any atom is -0.444 e. The summed E-state index contributed by atoms with van der Waals surface area (Å²) in [6.45, 7) is 6.67. The Morgan fingerprint density at radius 3 is 2.64 bits per heavy atom. The van der Waals surface area contributed by atoms with Crippen LogP contribution in [0.1, 0.15) is 32.8 Å². The molecule has 122 valence electrons. The standard InChI is InChI=1S/C17H25FN2O2/c1-17(2,3)22-16(21)20-10-9-15(14(18)12-20)19-11-13-7-5-4-6-8-13/h4-8,14-15,19H,9-12H2,1-3H3. The molecule has 2 atom stereocenters. The summed E-state index contributed by atoms with van der Waals surface area (Å²) in [6, 6.07) is 9.69. The zero-order chi connectivity index (χ0) is 16.2. The maximum absolute atomic E-state index is 14.3. The first-order valence-corrected chi connectivity index (χ1v) is 7.74. The quantitative estimate of drug-likeness (QED) is 0.933. The van der Waals surface area contributed by atoms with Crippen molar-refractivity contribution >= 4 is 6.09 Å². The number of amides is 1. The van der Waals surface area contributed by atoms with Gasteiger partial charge in [0.05, 0.1) is 6.54 Å². The van der Waals surface area contributed by atoms with Gasteiger partial charge in [-0.3, -0.25) is 0 Å². The molecular formula is C17H25FN2O2. The summed E-state index contributed by atoms with van der Waals surface area (Å²) in [6.07, 6.45) is -0.922. The molecule has 4 nitrogen and oxygen atoms in total. The van der Waals surface area contributed by atoms with Crippen LogP contribution in [0.4, 0.5) is 9.18 Å². The molecule has 0 radical (unpaired) electrons. The zero-order valence-corrected chi connectivity index (χ0v) is 13.5. The molecule has 5 heteroatoms. The fourth-order valence-corrected chi connectivity index (χ4v) is 2.47. The van der Waals surface area contributed by atoms with Crippen molar-refractivity contribution < 1.29 is 13.9 Å². The van der Waals surface area contributed by atoms with Crippen molar-refractivity contribution in [1.82, 2.24) is 10.2 Å². The molecule has 1 N–H and O–H groups in total. The molecule has 0 bridgehead atoms. The smallest absolute Gasteiger partial charge is 0.410 e. The lowest BCUT2D eigenvalue weighted by atomic mass is 10.0. The molecule has 1 aromatic rings. The molecule has 1 aliphatic rings. The predicted octanol–water partition coefficient (Wildman–Crippen LogP) is 3.12. The Morgan fingerprint density at radius 1 is 1.36 bits per heavy atom. The lowest BCUT2D eigenvalue weighted by Crippen LogP contribution is -2.53. The van der Waals surface area contributed by atoms with Crippen molar-refractivity contribution in [2.24, 2.45) is 0 Å². The molecule has 1 fully saturated rings. The average Bonchev–Trinajstić information content (AvgIpc) is 2.45. The normalized spacial score (nSPS) is 22.5. The molecular weight excluding hydrogens is 283 g/mol. The van der Waals surface area contributed by atoms with Crippen molar-refractivity contribution in [1.29, 1.82) is 0 Å². The number of nitrogens with one attached hydrogen (secondary N) is 1. The first kappa shape index (κ1) is 16.7. The number of benzene rings is 1. The van der Waals surface area contributed by atoms with E-state index in [2.05, 4.69) is 5.32 Å². The number of carbonyl (C=O) groups is 1. The van der Waals surface area contributed by atoms with E-state index in [1.807, 2.05) is 51.1 Å². The van der Waals surface area contributed by atoms with Crippen LogP contribution in [0.25, 0.3) is 0 Å². The molecule has 1 heterocycles. The van der Waals surface area contributed by atoms with Gasteiger partial charge in [-0.05, 0) is 32.8 Å². The molecule has 0 aromatic heterocycles. The summed E-state index contributed by atoms with van der Waals surface area (Å²) in [4.78, 5) is 13.4. The number of hydrogen-bond donors (Lipinski definition) is 1. The summed E-state index contributed by atoms with van der Waals surface area (Å²) < 4.78 is 19.6. The van der Waals surface area contributed by atoms with Crippen molar-refractivity contribution in [3.63, 3.8) is 0 Å². The van der Waals surface area contributed by atoms with E-state index in [1.54, 1.807) is 0 Å². The van der Waals surface area contributed by atoms with Gasteiger partial charge in [0.1, 0.15) is 11.8 Å². The highest BCUT2D eigenvalue weighted by Crippen LogP contribution is 2.18. The van der Waals surface area contributed by atoms with Crippen molar-refractivity contribution in [2.45, 2.75) is 51.6 Å². The molecule has 1 aliphatic heterocycles. The number of ether oxygens (including phenoxy) is 1. The monoisotopic (exact) mass is 308 g/mol. The molecule has 1 aromatic carbocycles. The molecule has 1 saturated heterocycles. The highest BCUT2D eigenvalue weighted by Gasteiger charge is 2.33. The Labute approximate surface area is 131 Å². The number of alkyl halides is 1. The second-order valence-electron chi connectivity index (χ2n) is 6.70. The topological polar surface area (TPSA) is 41.6 Å². The van der Waals surface area contributed by atoms with E-state index < -0.39 is 17.9 Å². The van der Waals surface area contributed by atoms with Crippen molar-refractivity contribution in [3.8, 4) is 0 Å². The van der Waals surface area contributed by atoms with Crippen LogP contribution < -0.4 is 5.32 Å². The number of piperidine rings is 1. The molecule has 0 spiro atoms. The maximum Gasteiger partial charge on any atom is 0.410 e. The first-order valence-electron chi connectivity index (χ1n) is 7.74. The van der Waals surface area contributed by atoms with Crippen LogP contribution in [-0.4, -0.2) is 41.9 Å². The highest BCUT2D eigenvalue weighted by atomic mass is 19.1. The predicted molar refractivity (Wildman–Crippen MR) is 84.4 cm³/mol. The van der Waals surface area contributed by atoms with Crippen molar-refractivity contribution in [3.05, 3.63) is 35.9 Å². The van der Waals surface area contributed by atoms with Gasteiger partial charge in [-0.2, -0.15) is 0 Å². The van der Waals surface area contributed by atoms with Crippen LogP contribution in [0.3, 0.4) is 0 Å². The number of hydrogen-bond acceptors (Lipinski definition) is 3. The Morgan fingerprint density at radius 2 is 2.05 bits per heavy atom. The van der Waals surface area contributed by atoms with Crippen LogP contribution in [0.2, 0.25) is 0 Å². The van der Waals surface area contributed by atoms with Crippen LogP contribution in [0.15, 0.2) is 30.3 Å².